The van der Waals surface area contributed by atoms with Gasteiger partial charge in [-0.15, -0.1) is 0 Å². The molecule has 0 bridgehead atoms. The second-order valence-electron chi connectivity index (χ2n) is 6.36. The number of nitrogens with zero attached hydrogens (tertiary/aromatic N) is 4. The van der Waals surface area contributed by atoms with Gasteiger partial charge in [-0.1, -0.05) is 0 Å². The lowest BCUT2D eigenvalue weighted by Crippen LogP contribution is -2.39. The highest BCUT2D eigenvalue weighted by Gasteiger charge is 2.53. The van der Waals surface area contributed by atoms with Crippen molar-refractivity contribution >= 4 is 30.8 Å². The summed E-state index contributed by atoms with van der Waals surface area (Å²) in [5, 5.41) is 23.2. The fraction of sp³-hybridized carbons (Fsp3) is 0.615. The average molecular weight is 402 g/mol. The zero-order chi connectivity index (χ0) is 19.3. The Kier molecular flexibility index (Phi) is 4.55. The van der Waals surface area contributed by atoms with Gasteiger partial charge < -0.3 is 30.9 Å². The number of imidazole rings is 1. The van der Waals surface area contributed by atoms with Crippen LogP contribution in [-0.4, -0.2) is 72.2 Å². The number of aromatic nitrogens is 4. The molecule has 0 amide bonds. The van der Waals surface area contributed by atoms with E-state index in [4.69, 9.17) is 19.5 Å². The number of rotatable bonds is 4. The first kappa shape index (κ1) is 18.5. The van der Waals surface area contributed by atoms with E-state index in [1.54, 1.807) is 6.92 Å². The van der Waals surface area contributed by atoms with E-state index in [1.807, 2.05) is 0 Å². The maximum Gasteiger partial charge on any atom is 0.472 e. The molecule has 14 heteroatoms. The van der Waals surface area contributed by atoms with Crippen LogP contribution in [0.3, 0.4) is 0 Å². The minimum atomic E-state index is -4.25. The second kappa shape index (κ2) is 6.63. The van der Waals surface area contributed by atoms with E-state index in [1.165, 1.54) is 10.9 Å². The van der Waals surface area contributed by atoms with E-state index < -0.39 is 38.5 Å². The molecule has 4 rings (SSSR count). The molecule has 2 unspecified atom stereocenters. The summed E-state index contributed by atoms with van der Waals surface area (Å²) in [5.41, 5.74) is 6.42. The van der Waals surface area contributed by atoms with Gasteiger partial charge in [-0.05, 0) is 6.92 Å². The molecule has 0 saturated carbocycles. The summed E-state index contributed by atoms with van der Waals surface area (Å²) in [4.78, 5) is 21.9. The molecule has 0 radical (unpaired) electrons. The third-order valence-corrected chi connectivity index (χ3v) is 5.27. The standard InChI is InChI=1S/C13H19N6O7P/c1-5(20)2-15-13-18-7-10(14)16-4-17-11(7)19(13)12-8(21)9-6(25-12)3-24-27(22,23)26-9/h4-6,8-9,12,20-21H,2-3H2,1H3,(H,15,18)(H,22,23)(H2,14,16,17)/t5-,6+,8?,9+,12+/m0/s1. The Morgan fingerprint density at radius 3 is 3.04 bits per heavy atom. The van der Waals surface area contributed by atoms with Gasteiger partial charge in [0.15, 0.2) is 23.2 Å². The zero-order valence-corrected chi connectivity index (χ0v) is 15.1. The van der Waals surface area contributed by atoms with Crippen molar-refractivity contribution in [1.82, 2.24) is 19.5 Å². The van der Waals surface area contributed by atoms with Crippen molar-refractivity contribution in [3.05, 3.63) is 6.33 Å². The van der Waals surface area contributed by atoms with Crippen molar-refractivity contribution in [3.8, 4) is 0 Å². The van der Waals surface area contributed by atoms with E-state index in [0.29, 0.717) is 0 Å². The highest BCUT2D eigenvalue weighted by atomic mass is 31.2. The molecule has 2 aliphatic heterocycles. The summed E-state index contributed by atoms with van der Waals surface area (Å²) < 4.78 is 28.6. The first-order valence-corrected chi connectivity index (χ1v) is 9.66. The van der Waals surface area contributed by atoms with E-state index in [0.717, 1.165) is 0 Å². The van der Waals surface area contributed by atoms with Crippen molar-refractivity contribution < 1.29 is 33.5 Å². The van der Waals surface area contributed by atoms with Gasteiger partial charge in [-0.25, -0.2) is 19.5 Å². The number of hydrogen-bond acceptors (Lipinski definition) is 11. The molecule has 2 aliphatic rings. The summed E-state index contributed by atoms with van der Waals surface area (Å²) in [6, 6.07) is 0. The number of anilines is 2. The molecule has 2 saturated heterocycles. The van der Waals surface area contributed by atoms with Crippen LogP contribution < -0.4 is 11.1 Å². The van der Waals surface area contributed by atoms with Crippen LogP contribution in [0.5, 0.6) is 0 Å². The zero-order valence-electron chi connectivity index (χ0n) is 14.2. The number of phosphoric ester groups is 1. The number of hydrogen-bond donors (Lipinski definition) is 5. The van der Waals surface area contributed by atoms with Crippen molar-refractivity contribution in [2.45, 2.75) is 37.6 Å². The van der Waals surface area contributed by atoms with Crippen LogP contribution in [0, 0.1) is 0 Å². The Morgan fingerprint density at radius 1 is 1.52 bits per heavy atom. The maximum atomic E-state index is 11.7. The largest absolute Gasteiger partial charge is 0.472 e. The molecule has 6 atom stereocenters. The molecule has 2 aromatic rings. The van der Waals surface area contributed by atoms with Gasteiger partial charge in [-0.3, -0.25) is 13.6 Å². The third-order valence-electron chi connectivity index (χ3n) is 4.28. The summed E-state index contributed by atoms with van der Waals surface area (Å²) in [5.74, 6) is 0.358. The van der Waals surface area contributed by atoms with Gasteiger partial charge in [0, 0.05) is 6.54 Å². The quantitative estimate of drug-likeness (QED) is 0.392. The predicted molar refractivity (Wildman–Crippen MR) is 90.5 cm³/mol. The predicted octanol–water partition coefficient (Wildman–Crippen LogP) is -1.02. The molecule has 2 aromatic heterocycles. The van der Waals surface area contributed by atoms with Crippen LogP contribution in [0.25, 0.3) is 11.2 Å². The lowest BCUT2D eigenvalue weighted by atomic mass is 10.1. The first-order chi connectivity index (χ1) is 12.8. The molecule has 4 heterocycles. The van der Waals surface area contributed by atoms with Gasteiger partial charge in [0.2, 0.25) is 5.95 Å². The minimum absolute atomic E-state index is 0.128. The summed E-state index contributed by atoms with van der Waals surface area (Å²) in [6.07, 6.45) is -3.61. The molecule has 6 N–H and O–H groups in total. The van der Waals surface area contributed by atoms with Crippen molar-refractivity contribution in [2.75, 3.05) is 24.2 Å². The Labute approximate surface area is 152 Å². The summed E-state index contributed by atoms with van der Waals surface area (Å²) in [7, 11) is -4.25. The normalized spacial score (nSPS) is 34.5. The van der Waals surface area contributed by atoms with Gasteiger partial charge in [0.25, 0.3) is 0 Å². The minimum Gasteiger partial charge on any atom is -0.392 e. The van der Waals surface area contributed by atoms with Gasteiger partial charge in [0.1, 0.15) is 24.6 Å². The monoisotopic (exact) mass is 402 g/mol. The summed E-state index contributed by atoms with van der Waals surface area (Å²) in [6.45, 7) is 1.54. The highest BCUT2D eigenvalue weighted by Crippen LogP contribution is 2.52. The van der Waals surface area contributed by atoms with Crippen LogP contribution in [0.2, 0.25) is 0 Å². The van der Waals surface area contributed by atoms with Crippen LogP contribution in [0.4, 0.5) is 11.8 Å². The molecule has 2 fully saturated rings. The fourth-order valence-electron chi connectivity index (χ4n) is 3.08. The molecule has 148 valence electrons. The van der Waals surface area contributed by atoms with Crippen LogP contribution in [0.15, 0.2) is 6.33 Å². The number of fused-ring (bicyclic) bond motifs is 2. The van der Waals surface area contributed by atoms with Gasteiger partial charge in [-0.2, -0.15) is 0 Å². The number of ether oxygens (including phenoxy) is 1. The topological polar surface area (TPSA) is 187 Å². The second-order valence-corrected chi connectivity index (χ2v) is 7.76. The molecule has 27 heavy (non-hydrogen) atoms. The van der Waals surface area contributed by atoms with E-state index >= 15 is 0 Å². The number of aliphatic hydroxyl groups is 2. The van der Waals surface area contributed by atoms with Gasteiger partial charge >= 0.3 is 7.82 Å². The van der Waals surface area contributed by atoms with E-state index in [9.17, 15) is 19.7 Å². The Hall–Kier alpha value is -1.86. The van der Waals surface area contributed by atoms with E-state index in [-0.39, 0.29) is 36.1 Å². The third kappa shape index (κ3) is 3.27. The summed E-state index contributed by atoms with van der Waals surface area (Å²) >= 11 is 0. The molecule has 0 aromatic carbocycles. The van der Waals surface area contributed by atoms with Gasteiger partial charge in [0.05, 0.1) is 12.7 Å². The average Bonchev–Trinajstić information content (AvgIpc) is 3.11. The van der Waals surface area contributed by atoms with Crippen LogP contribution >= 0.6 is 7.82 Å². The molecule has 0 spiro atoms. The lowest BCUT2D eigenvalue weighted by molar-refractivity contribution is -0.0659. The fourth-order valence-corrected chi connectivity index (χ4v) is 4.04. The number of aliphatic hydroxyl groups excluding tert-OH is 2. The molecular formula is C13H19N6O7P. The molecule has 13 nitrogen and oxygen atoms in total. The SMILES string of the molecule is C[C@H](O)CNc1nc2c(N)ncnc2n1[C@@H]1O[C@@H]2COP(=O)(O)O[C@H]2C1O. The highest BCUT2D eigenvalue weighted by molar-refractivity contribution is 7.47. The van der Waals surface area contributed by atoms with Crippen molar-refractivity contribution in [1.29, 1.82) is 0 Å². The van der Waals surface area contributed by atoms with Crippen molar-refractivity contribution in [3.63, 3.8) is 0 Å². The first-order valence-electron chi connectivity index (χ1n) is 8.16. The van der Waals surface area contributed by atoms with Crippen LogP contribution in [-0.2, 0) is 18.3 Å². The molecular weight excluding hydrogens is 383 g/mol. The number of nitrogens with two attached hydrogens (primary N) is 1. The van der Waals surface area contributed by atoms with E-state index in [2.05, 4.69) is 20.3 Å². The number of nitrogen functional groups attached to an aromatic ring is 1. The Bertz CT molecular complexity index is 907. The Balaban J connectivity index is 1.75. The maximum absolute atomic E-state index is 11.7. The smallest absolute Gasteiger partial charge is 0.392 e. The lowest BCUT2D eigenvalue weighted by Gasteiger charge is -2.27. The van der Waals surface area contributed by atoms with Crippen molar-refractivity contribution in [2.24, 2.45) is 0 Å². The number of nitrogens with one attached hydrogen (secondary N) is 1. The molecule has 0 aliphatic carbocycles. The van der Waals surface area contributed by atoms with Crippen LogP contribution in [0.1, 0.15) is 13.2 Å². The number of phosphoric acid groups is 1. The Morgan fingerprint density at radius 2 is 2.30 bits per heavy atom.